The molecule has 1 fully saturated rings. The zero-order chi connectivity index (χ0) is 20.4. The molecular formula is C21H21ClF2O3S. The molecule has 0 unspecified atom stereocenters. The van der Waals surface area contributed by atoms with Crippen LogP contribution in [-0.2, 0) is 19.3 Å². The Morgan fingerprint density at radius 1 is 1.14 bits per heavy atom. The van der Waals surface area contributed by atoms with Crippen LogP contribution in [0.1, 0.15) is 31.2 Å². The Hall–Kier alpha value is -1.76. The summed E-state index contributed by atoms with van der Waals surface area (Å²) in [4.78, 5) is 0.0334. The minimum atomic E-state index is -4.02. The number of hydrogen-bond donors (Lipinski definition) is 0. The third-order valence-corrected chi connectivity index (χ3v) is 8.05. The normalized spacial score (nSPS) is 22.8. The number of rotatable bonds is 6. The minimum Gasteiger partial charge on any atom is -0.374 e. The zero-order valence-electron chi connectivity index (χ0n) is 15.2. The molecule has 2 aromatic rings. The van der Waals surface area contributed by atoms with Gasteiger partial charge in [0.25, 0.3) is 0 Å². The molecule has 150 valence electrons. The van der Waals surface area contributed by atoms with E-state index in [1.54, 1.807) is 6.08 Å². The Labute approximate surface area is 168 Å². The molecule has 0 radical (unpaired) electrons. The Balaban J connectivity index is 2.09. The van der Waals surface area contributed by atoms with Crippen LogP contribution in [0.5, 0.6) is 0 Å². The zero-order valence-corrected chi connectivity index (χ0v) is 16.8. The standard InChI is InChI=1S/C21H21ClF2O3S/c1-2-13-27-17-9-11-21(12-10-17,19-14-16(23)5-8-20(19)24)28(25,26)18-6-3-15(22)4-7-18/h2-8,14,17H,1,9-13H2. The van der Waals surface area contributed by atoms with Gasteiger partial charge in [0.15, 0.2) is 9.84 Å². The largest absolute Gasteiger partial charge is 0.374 e. The second-order valence-corrected chi connectivity index (χ2v) is 9.59. The van der Waals surface area contributed by atoms with E-state index in [4.69, 9.17) is 16.3 Å². The molecular weight excluding hydrogens is 406 g/mol. The molecule has 3 nitrogen and oxygen atoms in total. The molecule has 0 aromatic heterocycles. The Morgan fingerprint density at radius 2 is 1.79 bits per heavy atom. The number of halogens is 3. The highest BCUT2D eigenvalue weighted by atomic mass is 35.5. The topological polar surface area (TPSA) is 43.4 Å². The van der Waals surface area contributed by atoms with Crippen molar-refractivity contribution in [3.8, 4) is 0 Å². The van der Waals surface area contributed by atoms with Crippen molar-refractivity contribution in [3.05, 3.63) is 77.3 Å². The molecule has 0 saturated heterocycles. The highest BCUT2D eigenvalue weighted by molar-refractivity contribution is 7.92. The van der Waals surface area contributed by atoms with E-state index < -0.39 is 26.2 Å². The van der Waals surface area contributed by atoms with Gasteiger partial charge in [0, 0.05) is 10.6 Å². The first kappa shape index (κ1) is 21.0. The second-order valence-electron chi connectivity index (χ2n) is 6.90. The van der Waals surface area contributed by atoms with Gasteiger partial charge in [0.05, 0.1) is 17.6 Å². The van der Waals surface area contributed by atoms with Crippen LogP contribution in [0.25, 0.3) is 0 Å². The van der Waals surface area contributed by atoms with Gasteiger partial charge in [-0.05, 0) is 68.1 Å². The molecule has 1 aliphatic carbocycles. The molecule has 2 aromatic carbocycles. The lowest BCUT2D eigenvalue weighted by atomic mass is 9.81. The van der Waals surface area contributed by atoms with Gasteiger partial charge >= 0.3 is 0 Å². The van der Waals surface area contributed by atoms with E-state index in [0.717, 1.165) is 18.2 Å². The van der Waals surface area contributed by atoms with E-state index in [1.807, 2.05) is 0 Å². The first-order valence-electron chi connectivity index (χ1n) is 8.98. The number of ether oxygens (including phenoxy) is 1. The maximum absolute atomic E-state index is 14.7. The average Bonchev–Trinajstić information content (AvgIpc) is 2.69. The van der Waals surface area contributed by atoms with E-state index in [9.17, 15) is 17.2 Å². The average molecular weight is 427 g/mol. The number of benzene rings is 2. The van der Waals surface area contributed by atoms with Crippen molar-refractivity contribution in [1.82, 2.24) is 0 Å². The highest BCUT2D eigenvalue weighted by Crippen LogP contribution is 2.48. The van der Waals surface area contributed by atoms with Gasteiger partial charge < -0.3 is 4.74 Å². The van der Waals surface area contributed by atoms with Gasteiger partial charge in [-0.25, -0.2) is 17.2 Å². The van der Waals surface area contributed by atoms with Gasteiger partial charge in [0.1, 0.15) is 16.4 Å². The monoisotopic (exact) mass is 426 g/mol. The summed E-state index contributed by atoms with van der Waals surface area (Å²) < 4.78 is 60.0. The summed E-state index contributed by atoms with van der Waals surface area (Å²) in [7, 11) is -4.02. The molecule has 0 amide bonds. The van der Waals surface area contributed by atoms with Crippen molar-refractivity contribution in [2.75, 3.05) is 6.61 Å². The molecule has 0 atom stereocenters. The van der Waals surface area contributed by atoms with Gasteiger partial charge in [-0.1, -0.05) is 17.7 Å². The van der Waals surface area contributed by atoms with Crippen molar-refractivity contribution in [1.29, 1.82) is 0 Å². The highest BCUT2D eigenvalue weighted by Gasteiger charge is 2.50. The first-order chi connectivity index (χ1) is 13.3. The summed E-state index contributed by atoms with van der Waals surface area (Å²) in [6, 6.07) is 8.71. The molecule has 1 saturated carbocycles. The van der Waals surface area contributed by atoms with Crippen molar-refractivity contribution >= 4 is 21.4 Å². The summed E-state index contributed by atoms with van der Waals surface area (Å²) in [5.41, 5.74) is -0.135. The Bertz CT molecular complexity index is 950. The van der Waals surface area contributed by atoms with E-state index in [2.05, 4.69) is 6.58 Å². The van der Waals surface area contributed by atoms with Crippen LogP contribution >= 0.6 is 11.6 Å². The Morgan fingerprint density at radius 3 is 2.39 bits per heavy atom. The van der Waals surface area contributed by atoms with Crippen molar-refractivity contribution in [2.45, 2.75) is 41.4 Å². The lowest BCUT2D eigenvalue weighted by Gasteiger charge is -2.40. The predicted molar refractivity (Wildman–Crippen MR) is 105 cm³/mol. The fourth-order valence-corrected chi connectivity index (χ4v) is 6.09. The van der Waals surface area contributed by atoms with Gasteiger partial charge in [-0.3, -0.25) is 0 Å². The molecule has 0 aliphatic heterocycles. The van der Waals surface area contributed by atoms with Crippen LogP contribution in [0.4, 0.5) is 8.78 Å². The smallest absolute Gasteiger partial charge is 0.188 e. The summed E-state index contributed by atoms with van der Waals surface area (Å²) in [5.74, 6) is -1.41. The fourth-order valence-electron chi connectivity index (χ4n) is 3.80. The van der Waals surface area contributed by atoms with Crippen molar-refractivity contribution in [3.63, 3.8) is 0 Å². The predicted octanol–water partition coefficient (Wildman–Crippen LogP) is 5.43. The van der Waals surface area contributed by atoms with E-state index in [0.29, 0.717) is 24.5 Å². The maximum atomic E-state index is 14.7. The van der Waals surface area contributed by atoms with Crippen molar-refractivity contribution in [2.24, 2.45) is 0 Å². The van der Waals surface area contributed by atoms with E-state index in [-0.39, 0.29) is 29.4 Å². The lowest BCUT2D eigenvalue weighted by molar-refractivity contribution is 0.0376. The molecule has 0 spiro atoms. The third kappa shape index (κ3) is 3.86. The summed E-state index contributed by atoms with van der Waals surface area (Å²) in [6.07, 6.45) is 2.55. The molecule has 0 N–H and O–H groups in total. The lowest BCUT2D eigenvalue weighted by Crippen LogP contribution is -2.42. The van der Waals surface area contributed by atoms with Crippen LogP contribution in [0.15, 0.2) is 60.0 Å². The SMILES string of the molecule is C=CCOC1CCC(c2cc(F)ccc2F)(S(=O)(=O)c2ccc(Cl)cc2)CC1. The van der Waals surface area contributed by atoms with Crippen molar-refractivity contribution < 1.29 is 21.9 Å². The van der Waals surface area contributed by atoms with Crippen LogP contribution in [0.3, 0.4) is 0 Å². The van der Waals surface area contributed by atoms with E-state index >= 15 is 0 Å². The Kier molecular flexibility index (Phi) is 6.22. The first-order valence-corrected chi connectivity index (χ1v) is 10.8. The number of sulfone groups is 1. The molecule has 3 rings (SSSR count). The van der Waals surface area contributed by atoms with Gasteiger partial charge in [0.2, 0.25) is 0 Å². The maximum Gasteiger partial charge on any atom is 0.188 e. The van der Waals surface area contributed by atoms with Gasteiger partial charge in [-0.15, -0.1) is 6.58 Å². The minimum absolute atomic E-state index is 0.0334. The fraction of sp³-hybridized carbons (Fsp3) is 0.333. The molecule has 0 bridgehead atoms. The van der Waals surface area contributed by atoms with Crippen LogP contribution in [-0.4, -0.2) is 21.1 Å². The molecule has 0 heterocycles. The van der Waals surface area contributed by atoms with Crippen LogP contribution in [0.2, 0.25) is 5.02 Å². The van der Waals surface area contributed by atoms with Crippen LogP contribution in [0, 0.1) is 11.6 Å². The quantitative estimate of drug-likeness (QED) is 0.578. The van der Waals surface area contributed by atoms with Crippen LogP contribution < -0.4 is 0 Å². The second kappa shape index (κ2) is 8.31. The molecule has 7 heteroatoms. The summed E-state index contributed by atoms with van der Waals surface area (Å²) in [5, 5.41) is 0.395. The van der Waals surface area contributed by atoms with E-state index in [1.165, 1.54) is 24.3 Å². The van der Waals surface area contributed by atoms with Gasteiger partial charge in [-0.2, -0.15) is 0 Å². The molecule has 1 aliphatic rings. The summed E-state index contributed by atoms with van der Waals surface area (Å²) >= 11 is 5.88. The third-order valence-electron chi connectivity index (χ3n) is 5.25. The number of hydrogen-bond acceptors (Lipinski definition) is 3. The summed E-state index contributed by atoms with van der Waals surface area (Å²) in [6.45, 7) is 3.96. The molecule has 28 heavy (non-hydrogen) atoms.